The van der Waals surface area contributed by atoms with Crippen LogP contribution in [-0.2, 0) is 0 Å². The third kappa shape index (κ3) is 0.948. The van der Waals surface area contributed by atoms with Gasteiger partial charge in [0.2, 0.25) is 0 Å². The van der Waals surface area contributed by atoms with Gasteiger partial charge in [0, 0.05) is 11.8 Å². The van der Waals surface area contributed by atoms with Crippen LogP contribution in [0.5, 0.6) is 0 Å². The summed E-state index contributed by atoms with van der Waals surface area (Å²) in [5, 5.41) is 2.84. The van der Waals surface area contributed by atoms with Crippen molar-refractivity contribution < 1.29 is 0 Å². The Morgan fingerprint density at radius 1 is 1.00 bits per heavy atom. The molecule has 0 heterocycles. The van der Waals surface area contributed by atoms with Gasteiger partial charge in [-0.05, 0) is 46.9 Å². The van der Waals surface area contributed by atoms with Crippen molar-refractivity contribution in [3.8, 4) is 0 Å². The molecule has 0 spiro atoms. The number of benzene rings is 2. The van der Waals surface area contributed by atoms with Crippen LogP contribution in [0.15, 0.2) is 42.5 Å². The number of rotatable bonds is 0. The van der Waals surface area contributed by atoms with Gasteiger partial charge in [-0.3, -0.25) is 0 Å². The molecule has 2 aromatic carbocycles. The molecule has 0 nitrogen and oxygen atoms in total. The number of allylic oxidation sites excluding steroid dienone is 2. The smallest absolute Gasteiger partial charge is 0.00301 e. The Morgan fingerprint density at radius 2 is 1.75 bits per heavy atom. The van der Waals surface area contributed by atoms with Gasteiger partial charge in [0.1, 0.15) is 0 Å². The summed E-state index contributed by atoms with van der Waals surface area (Å²) >= 11 is 0. The number of hydrogen-bond donors (Lipinski definition) is 0. The molecule has 2 unspecified atom stereocenters. The fourth-order valence-electron chi connectivity index (χ4n) is 3.32. The van der Waals surface area contributed by atoms with Crippen molar-refractivity contribution in [3.63, 3.8) is 0 Å². The summed E-state index contributed by atoms with van der Waals surface area (Å²) in [6.45, 7) is 2.21. The fraction of sp³-hybridized carbons (Fsp3) is 0.250. The van der Waals surface area contributed by atoms with Gasteiger partial charge in [-0.15, -0.1) is 0 Å². The summed E-state index contributed by atoms with van der Waals surface area (Å²) in [6.07, 6.45) is 6.08. The monoisotopic (exact) mass is 206 g/mol. The van der Waals surface area contributed by atoms with Crippen molar-refractivity contribution in [2.24, 2.45) is 0 Å². The van der Waals surface area contributed by atoms with Gasteiger partial charge in [0.05, 0.1) is 0 Å². The molecule has 2 aromatic rings. The SMILES string of the molecule is Cc1cccc2cc3c(cc12)C1C=CC3C1. The maximum Gasteiger partial charge on any atom is 0.00301 e. The molecule has 0 saturated heterocycles. The van der Waals surface area contributed by atoms with Gasteiger partial charge in [-0.25, -0.2) is 0 Å². The zero-order chi connectivity index (χ0) is 10.7. The van der Waals surface area contributed by atoms with E-state index in [4.69, 9.17) is 0 Å². The average Bonchev–Trinajstić information content (AvgIpc) is 2.88. The van der Waals surface area contributed by atoms with Crippen molar-refractivity contribution in [1.29, 1.82) is 0 Å². The summed E-state index contributed by atoms with van der Waals surface area (Å²) in [5.74, 6) is 1.40. The van der Waals surface area contributed by atoms with Gasteiger partial charge in [0.15, 0.2) is 0 Å². The van der Waals surface area contributed by atoms with E-state index in [1.165, 1.54) is 22.8 Å². The first-order valence-electron chi connectivity index (χ1n) is 6.04. The summed E-state index contributed by atoms with van der Waals surface area (Å²) < 4.78 is 0. The van der Waals surface area contributed by atoms with E-state index in [9.17, 15) is 0 Å². The van der Waals surface area contributed by atoms with Crippen molar-refractivity contribution in [1.82, 2.24) is 0 Å². The van der Waals surface area contributed by atoms with E-state index >= 15 is 0 Å². The number of aryl methyl sites for hydroxylation is 1. The van der Waals surface area contributed by atoms with E-state index in [2.05, 4.69) is 49.4 Å². The van der Waals surface area contributed by atoms with Crippen LogP contribution in [0, 0.1) is 6.92 Å². The first kappa shape index (κ1) is 8.58. The fourth-order valence-corrected chi connectivity index (χ4v) is 3.32. The Bertz CT molecular complexity index is 619. The minimum Gasteiger partial charge on any atom is -0.0804 e. The highest BCUT2D eigenvalue weighted by molar-refractivity contribution is 5.88. The molecule has 2 bridgehead atoms. The van der Waals surface area contributed by atoms with E-state index < -0.39 is 0 Å². The van der Waals surface area contributed by atoms with Crippen molar-refractivity contribution in [2.75, 3.05) is 0 Å². The average molecular weight is 206 g/mol. The topological polar surface area (TPSA) is 0 Å². The molecule has 0 amide bonds. The Kier molecular flexibility index (Phi) is 1.48. The van der Waals surface area contributed by atoms with Gasteiger partial charge >= 0.3 is 0 Å². The van der Waals surface area contributed by atoms with Crippen molar-refractivity contribution in [3.05, 3.63) is 59.2 Å². The first-order valence-corrected chi connectivity index (χ1v) is 6.04. The lowest BCUT2D eigenvalue weighted by molar-refractivity contribution is 0.805. The zero-order valence-electron chi connectivity index (χ0n) is 9.40. The molecule has 4 rings (SSSR count). The summed E-state index contributed by atoms with van der Waals surface area (Å²) in [5.41, 5.74) is 4.55. The van der Waals surface area contributed by atoms with Gasteiger partial charge < -0.3 is 0 Å². The summed E-state index contributed by atoms with van der Waals surface area (Å²) in [4.78, 5) is 0. The lowest BCUT2D eigenvalue weighted by Crippen LogP contribution is -1.93. The van der Waals surface area contributed by atoms with Crippen LogP contribution in [0.25, 0.3) is 10.8 Å². The lowest BCUT2D eigenvalue weighted by atomic mass is 9.92. The quantitative estimate of drug-likeness (QED) is 0.564. The van der Waals surface area contributed by atoms with E-state index in [-0.39, 0.29) is 0 Å². The number of hydrogen-bond acceptors (Lipinski definition) is 0. The van der Waals surface area contributed by atoms with Crippen LogP contribution in [0.4, 0.5) is 0 Å². The van der Waals surface area contributed by atoms with Crippen LogP contribution in [0.2, 0.25) is 0 Å². The Hall–Kier alpha value is -1.56. The minimum absolute atomic E-state index is 0.698. The van der Waals surface area contributed by atoms with Crippen LogP contribution in [0.3, 0.4) is 0 Å². The highest BCUT2D eigenvalue weighted by atomic mass is 14.4. The highest BCUT2D eigenvalue weighted by Gasteiger charge is 2.32. The molecule has 2 aliphatic carbocycles. The molecule has 2 atom stereocenters. The highest BCUT2D eigenvalue weighted by Crippen LogP contribution is 2.49. The van der Waals surface area contributed by atoms with Crippen molar-refractivity contribution in [2.45, 2.75) is 25.2 Å². The van der Waals surface area contributed by atoms with Crippen LogP contribution in [0.1, 0.15) is 34.9 Å². The predicted octanol–water partition coefficient (Wildman–Crippen LogP) is 4.29. The molecule has 16 heavy (non-hydrogen) atoms. The Morgan fingerprint density at radius 3 is 2.56 bits per heavy atom. The second-order valence-electron chi connectivity index (χ2n) is 5.11. The molecule has 0 N–H and O–H groups in total. The largest absolute Gasteiger partial charge is 0.0804 e. The molecule has 0 fully saturated rings. The molecule has 0 saturated carbocycles. The van der Waals surface area contributed by atoms with Gasteiger partial charge in [-0.1, -0.05) is 36.4 Å². The van der Waals surface area contributed by atoms with Crippen LogP contribution in [-0.4, -0.2) is 0 Å². The third-order valence-electron chi connectivity index (χ3n) is 4.18. The predicted molar refractivity (Wildman–Crippen MR) is 67.9 cm³/mol. The Balaban J connectivity index is 2.09. The maximum absolute atomic E-state index is 2.42. The lowest BCUT2D eigenvalue weighted by Gasteiger charge is -2.13. The normalized spacial score (nSPS) is 25.3. The second kappa shape index (κ2) is 2.76. The van der Waals surface area contributed by atoms with E-state index in [1.54, 1.807) is 11.1 Å². The standard InChI is InChI=1S/C16H14/c1-10-3-2-4-11-8-15-12-5-6-13(7-12)16(15)9-14(10)11/h2-6,8-9,12-13H,7H2,1H3. The first-order chi connectivity index (χ1) is 7.83. The second-order valence-corrected chi connectivity index (χ2v) is 5.11. The van der Waals surface area contributed by atoms with E-state index in [0.717, 1.165) is 0 Å². The van der Waals surface area contributed by atoms with E-state index in [0.29, 0.717) is 11.8 Å². The summed E-state index contributed by atoms with van der Waals surface area (Å²) in [7, 11) is 0. The zero-order valence-corrected chi connectivity index (χ0v) is 9.40. The Labute approximate surface area is 95.6 Å². The van der Waals surface area contributed by atoms with Gasteiger partial charge in [0.25, 0.3) is 0 Å². The molecule has 0 aromatic heterocycles. The molecule has 78 valence electrons. The van der Waals surface area contributed by atoms with E-state index in [1.807, 2.05) is 0 Å². The minimum atomic E-state index is 0.698. The molecule has 0 aliphatic heterocycles. The number of fused-ring (bicyclic) bond motifs is 6. The molecular formula is C16H14. The van der Waals surface area contributed by atoms with Crippen LogP contribution < -0.4 is 0 Å². The molecule has 2 aliphatic rings. The molecular weight excluding hydrogens is 192 g/mol. The van der Waals surface area contributed by atoms with Gasteiger partial charge in [-0.2, -0.15) is 0 Å². The molecule has 0 radical (unpaired) electrons. The van der Waals surface area contributed by atoms with Crippen molar-refractivity contribution >= 4 is 10.8 Å². The maximum atomic E-state index is 2.42. The third-order valence-corrected chi connectivity index (χ3v) is 4.18. The summed E-state index contributed by atoms with van der Waals surface area (Å²) in [6, 6.07) is 11.4. The molecule has 0 heteroatoms. The van der Waals surface area contributed by atoms with Crippen LogP contribution >= 0.6 is 0 Å².